The number of aryl methyl sites for hydroxylation is 1. The van der Waals surface area contributed by atoms with Gasteiger partial charge in [-0.2, -0.15) is 0 Å². The molecule has 1 N–H and O–H groups in total. The lowest BCUT2D eigenvalue weighted by atomic mass is 10.1. The van der Waals surface area contributed by atoms with E-state index < -0.39 is 0 Å². The van der Waals surface area contributed by atoms with Crippen LogP contribution in [0.15, 0.2) is 58.2 Å². The average molecular weight is 369 g/mol. The van der Waals surface area contributed by atoms with Gasteiger partial charge in [-0.3, -0.25) is 4.79 Å². The van der Waals surface area contributed by atoms with Gasteiger partial charge >= 0.3 is 0 Å². The molecule has 134 valence electrons. The van der Waals surface area contributed by atoms with Gasteiger partial charge in [0.15, 0.2) is 6.61 Å². The number of rotatable bonds is 7. The zero-order chi connectivity index (χ0) is 18.4. The summed E-state index contributed by atoms with van der Waals surface area (Å²) in [6.07, 6.45) is 0. The van der Waals surface area contributed by atoms with E-state index in [1.807, 2.05) is 49.4 Å². The summed E-state index contributed by atoms with van der Waals surface area (Å²) in [5.74, 6) is 1.72. The Labute approximate surface area is 156 Å². The van der Waals surface area contributed by atoms with Crippen molar-refractivity contribution in [1.29, 1.82) is 0 Å². The van der Waals surface area contributed by atoms with Crippen molar-refractivity contribution in [2.24, 2.45) is 0 Å². The van der Waals surface area contributed by atoms with Crippen LogP contribution in [-0.2, 0) is 12.4 Å². The summed E-state index contributed by atoms with van der Waals surface area (Å²) < 4.78 is 11.2. The Kier molecular flexibility index (Phi) is 5.91. The van der Waals surface area contributed by atoms with E-state index in [1.54, 1.807) is 13.1 Å². The minimum absolute atomic E-state index is 0.106. The summed E-state index contributed by atoms with van der Waals surface area (Å²) in [7, 11) is 1.61. The number of carbonyl (C=O) groups excluding carboxylic acids is 1. The van der Waals surface area contributed by atoms with Crippen molar-refractivity contribution in [3.8, 4) is 5.75 Å². The maximum atomic E-state index is 11.7. The zero-order valence-corrected chi connectivity index (χ0v) is 15.4. The lowest BCUT2D eigenvalue weighted by Gasteiger charge is -2.03. The molecular weight excluding hydrogens is 350 g/mol. The van der Waals surface area contributed by atoms with Crippen LogP contribution < -0.4 is 10.1 Å². The van der Waals surface area contributed by atoms with Gasteiger partial charge in [0.1, 0.15) is 5.75 Å². The first-order valence-corrected chi connectivity index (χ1v) is 9.08. The van der Waals surface area contributed by atoms with E-state index in [0.717, 1.165) is 16.9 Å². The maximum Gasteiger partial charge on any atom is 0.277 e. The molecule has 1 heterocycles. The molecule has 0 radical (unpaired) electrons. The van der Waals surface area contributed by atoms with Gasteiger partial charge in [0, 0.05) is 18.4 Å². The Morgan fingerprint density at radius 3 is 2.85 bits per heavy atom. The van der Waals surface area contributed by atoms with E-state index in [2.05, 4.69) is 15.5 Å². The third-order valence-corrected chi connectivity index (χ3v) is 4.47. The van der Waals surface area contributed by atoms with Crippen LogP contribution in [0.5, 0.6) is 5.75 Å². The SMILES string of the molecule is CNC(=O)c1cccc(CSc2nnc(COc3cccc(C)c3)o2)c1. The molecule has 0 unspecified atom stereocenters. The molecule has 1 aromatic heterocycles. The maximum absolute atomic E-state index is 11.7. The van der Waals surface area contributed by atoms with Crippen molar-refractivity contribution in [1.82, 2.24) is 15.5 Å². The highest BCUT2D eigenvalue weighted by Gasteiger charge is 2.09. The largest absolute Gasteiger partial charge is 0.484 e. The highest BCUT2D eigenvalue weighted by atomic mass is 32.2. The highest BCUT2D eigenvalue weighted by molar-refractivity contribution is 7.98. The smallest absolute Gasteiger partial charge is 0.277 e. The van der Waals surface area contributed by atoms with E-state index in [9.17, 15) is 4.79 Å². The molecule has 0 atom stereocenters. The summed E-state index contributed by atoms with van der Waals surface area (Å²) >= 11 is 1.42. The Hall–Kier alpha value is -2.80. The van der Waals surface area contributed by atoms with Crippen LogP contribution in [0.1, 0.15) is 27.4 Å². The van der Waals surface area contributed by atoms with Crippen LogP contribution >= 0.6 is 11.8 Å². The predicted molar refractivity (Wildman–Crippen MR) is 99.2 cm³/mol. The summed E-state index contributed by atoms with van der Waals surface area (Å²) in [6.45, 7) is 2.23. The summed E-state index contributed by atoms with van der Waals surface area (Å²) in [5, 5.41) is 11.1. The molecule has 1 amide bonds. The first-order valence-electron chi connectivity index (χ1n) is 8.10. The van der Waals surface area contributed by atoms with Crippen molar-refractivity contribution in [3.05, 3.63) is 71.1 Å². The molecule has 7 heteroatoms. The van der Waals surface area contributed by atoms with Gasteiger partial charge in [0.2, 0.25) is 0 Å². The van der Waals surface area contributed by atoms with Crippen molar-refractivity contribution in [2.45, 2.75) is 24.5 Å². The Morgan fingerprint density at radius 1 is 1.19 bits per heavy atom. The lowest BCUT2D eigenvalue weighted by molar-refractivity contribution is 0.0963. The molecule has 0 saturated carbocycles. The third kappa shape index (κ3) is 4.86. The van der Waals surface area contributed by atoms with Crippen molar-refractivity contribution in [3.63, 3.8) is 0 Å². The number of amides is 1. The highest BCUT2D eigenvalue weighted by Crippen LogP contribution is 2.22. The quantitative estimate of drug-likeness (QED) is 0.641. The van der Waals surface area contributed by atoms with Gasteiger partial charge in [-0.25, -0.2) is 0 Å². The van der Waals surface area contributed by atoms with Crippen LogP contribution in [0.2, 0.25) is 0 Å². The van der Waals surface area contributed by atoms with E-state index in [4.69, 9.17) is 9.15 Å². The Bertz CT molecular complexity index is 895. The Morgan fingerprint density at radius 2 is 2.04 bits per heavy atom. The number of carbonyl (C=O) groups is 1. The molecule has 0 spiro atoms. The Balaban J connectivity index is 1.54. The van der Waals surface area contributed by atoms with E-state index in [1.165, 1.54) is 11.8 Å². The first kappa shape index (κ1) is 18.0. The number of aromatic nitrogens is 2. The third-order valence-electron chi connectivity index (χ3n) is 3.58. The minimum atomic E-state index is -0.106. The molecule has 0 saturated heterocycles. The van der Waals surface area contributed by atoms with Gasteiger partial charge in [-0.1, -0.05) is 36.0 Å². The molecule has 3 rings (SSSR count). The molecule has 6 nitrogen and oxygen atoms in total. The van der Waals surface area contributed by atoms with Crippen molar-refractivity contribution >= 4 is 17.7 Å². The summed E-state index contributed by atoms with van der Waals surface area (Å²) in [5.41, 5.74) is 2.76. The van der Waals surface area contributed by atoms with Crippen LogP contribution in [-0.4, -0.2) is 23.2 Å². The molecule has 0 bridgehead atoms. The second kappa shape index (κ2) is 8.53. The summed E-state index contributed by atoms with van der Waals surface area (Å²) in [4.78, 5) is 11.7. The lowest BCUT2D eigenvalue weighted by Crippen LogP contribution is -2.17. The van der Waals surface area contributed by atoms with Crippen molar-refractivity contribution < 1.29 is 13.9 Å². The molecule has 0 aliphatic heterocycles. The van der Waals surface area contributed by atoms with E-state index >= 15 is 0 Å². The number of hydrogen-bond acceptors (Lipinski definition) is 6. The molecule has 2 aromatic carbocycles. The monoisotopic (exact) mass is 369 g/mol. The van der Waals surface area contributed by atoms with Gasteiger partial charge in [-0.05, 0) is 42.3 Å². The van der Waals surface area contributed by atoms with Crippen LogP contribution in [0.4, 0.5) is 0 Å². The number of thioether (sulfide) groups is 1. The standard InChI is InChI=1S/C19H19N3O3S/c1-13-5-3-8-16(9-13)24-11-17-21-22-19(25-17)26-12-14-6-4-7-15(10-14)18(23)20-2/h3-10H,11-12H2,1-2H3,(H,20,23). The van der Waals surface area contributed by atoms with E-state index in [-0.39, 0.29) is 12.5 Å². The molecule has 26 heavy (non-hydrogen) atoms. The van der Waals surface area contributed by atoms with Gasteiger partial charge in [0.25, 0.3) is 17.0 Å². The van der Waals surface area contributed by atoms with Gasteiger partial charge < -0.3 is 14.5 Å². The van der Waals surface area contributed by atoms with Crippen molar-refractivity contribution in [2.75, 3.05) is 7.05 Å². The number of hydrogen-bond donors (Lipinski definition) is 1. The molecule has 0 aliphatic carbocycles. The topological polar surface area (TPSA) is 77.2 Å². The zero-order valence-electron chi connectivity index (χ0n) is 14.6. The second-order valence-electron chi connectivity index (χ2n) is 5.64. The molecule has 0 fully saturated rings. The first-order chi connectivity index (χ1) is 12.6. The number of benzene rings is 2. The van der Waals surface area contributed by atoms with Crippen LogP contribution in [0.3, 0.4) is 0 Å². The van der Waals surface area contributed by atoms with Gasteiger partial charge in [-0.15, -0.1) is 10.2 Å². The number of nitrogens with zero attached hydrogens (tertiary/aromatic N) is 2. The minimum Gasteiger partial charge on any atom is -0.484 e. The number of nitrogens with one attached hydrogen (secondary N) is 1. The van der Waals surface area contributed by atoms with E-state index in [0.29, 0.717) is 22.4 Å². The fourth-order valence-corrected chi connectivity index (χ4v) is 3.02. The second-order valence-corrected chi connectivity index (χ2v) is 6.56. The molecular formula is C19H19N3O3S. The normalized spacial score (nSPS) is 10.5. The van der Waals surface area contributed by atoms with Gasteiger partial charge in [0.05, 0.1) is 0 Å². The fraction of sp³-hybridized carbons (Fsp3) is 0.211. The molecule has 0 aliphatic rings. The van der Waals surface area contributed by atoms with Crippen LogP contribution in [0.25, 0.3) is 0 Å². The average Bonchev–Trinajstić information content (AvgIpc) is 3.12. The molecule has 3 aromatic rings. The fourth-order valence-electron chi connectivity index (χ4n) is 2.30. The number of ether oxygens (including phenoxy) is 1. The summed E-state index contributed by atoms with van der Waals surface area (Å²) in [6, 6.07) is 15.2. The van der Waals surface area contributed by atoms with Crippen LogP contribution in [0, 0.1) is 6.92 Å². The predicted octanol–water partition coefficient (Wildman–Crippen LogP) is 3.61.